The Hall–Kier alpha value is -1.69. The number of halogens is 6. The first kappa shape index (κ1) is 23.6. The normalized spacial score (nSPS) is 29.1. The molecule has 4 atom stereocenters. The van der Waals surface area contributed by atoms with Gasteiger partial charge in [0.15, 0.2) is 6.29 Å². The molecular formula is C18H22F6N2O3. The quantitative estimate of drug-likeness (QED) is 0.388. The summed E-state index contributed by atoms with van der Waals surface area (Å²) in [6.07, 6.45) is -6.95. The summed E-state index contributed by atoms with van der Waals surface area (Å²) in [6, 6.07) is -1.70. The van der Waals surface area contributed by atoms with Crippen molar-refractivity contribution in [2.45, 2.75) is 43.3 Å². The van der Waals surface area contributed by atoms with E-state index < -0.39 is 42.2 Å². The summed E-state index contributed by atoms with van der Waals surface area (Å²) in [4.78, 5) is 3.87. The molecule has 0 aromatic rings. The minimum atomic E-state index is -4.89. The van der Waals surface area contributed by atoms with E-state index in [9.17, 15) is 31.4 Å². The first-order valence-corrected chi connectivity index (χ1v) is 8.60. The molecule has 2 N–H and O–H groups in total. The van der Waals surface area contributed by atoms with Crippen molar-refractivity contribution in [3.05, 3.63) is 35.5 Å². The van der Waals surface area contributed by atoms with Crippen molar-refractivity contribution in [2.75, 3.05) is 20.8 Å². The van der Waals surface area contributed by atoms with E-state index in [4.69, 9.17) is 9.47 Å². The van der Waals surface area contributed by atoms with Crippen LogP contribution in [-0.2, 0) is 9.47 Å². The molecule has 0 saturated carbocycles. The number of aliphatic hydroxyl groups is 1. The Bertz CT molecular complexity index is 709. The number of methoxy groups -OCH3 is 2. The SMILES string of the molecule is COC(C=NCC(O)C1=C[C@@](C)(C(F)(F)F)NC2C1=CC=CC2C(F)(F)F)OC. The summed E-state index contributed by atoms with van der Waals surface area (Å²) in [6.45, 7) is 0.352. The fourth-order valence-electron chi connectivity index (χ4n) is 3.20. The predicted octanol–water partition coefficient (Wildman–Crippen LogP) is 2.93. The van der Waals surface area contributed by atoms with Gasteiger partial charge in [0.1, 0.15) is 5.54 Å². The summed E-state index contributed by atoms with van der Waals surface area (Å²) >= 11 is 0. The van der Waals surface area contributed by atoms with Crippen LogP contribution in [0.4, 0.5) is 26.3 Å². The van der Waals surface area contributed by atoms with Crippen molar-refractivity contribution in [3.8, 4) is 0 Å². The third kappa shape index (κ3) is 5.08. The number of ether oxygens (including phenoxy) is 2. The van der Waals surface area contributed by atoms with Gasteiger partial charge in [0.25, 0.3) is 0 Å². The molecular weight excluding hydrogens is 406 g/mol. The van der Waals surface area contributed by atoms with E-state index in [0.29, 0.717) is 6.08 Å². The molecule has 0 radical (unpaired) electrons. The number of nitrogens with zero attached hydrogens (tertiary/aromatic N) is 1. The smallest absolute Gasteiger partial charge is 0.386 e. The Morgan fingerprint density at radius 2 is 1.86 bits per heavy atom. The maximum atomic E-state index is 13.6. The van der Waals surface area contributed by atoms with Gasteiger partial charge in [-0.15, -0.1) is 0 Å². The Kier molecular flexibility index (Phi) is 6.98. The highest BCUT2D eigenvalue weighted by Crippen LogP contribution is 2.44. The molecule has 0 spiro atoms. The van der Waals surface area contributed by atoms with Gasteiger partial charge in [-0.25, -0.2) is 0 Å². The highest BCUT2D eigenvalue weighted by Gasteiger charge is 2.57. The molecule has 0 bridgehead atoms. The number of hydrogen-bond donors (Lipinski definition) is 2. The van der Waals surface area contributed by atoms with Crippen LogP contribution in [0.2, 0.25) is 0 Å². The second-order valence-electron chi connectivity index (χ2n) is 6.87. The van der Waals surface area contributed by atoms with Gasteiger partial charge in [-0.05, 0) is 24.1 Å². The summed E-state index contributed by atoms with van der Waals surface area (Å²) in [5.41, 5.74) is -3.07. The Morgan fingerprint density at radius 3 is 2.38 bits per heavy atom. The molecule has 0 saturated heterocycles. The lowest BCUT2D eigenvalue weighted by atomic mass is 9.75. The zero-order valence-electron chi connectivity index (χ0n) is 15.9. The summed E-state index contributed by atoms with van der Waals surface area (Å²) < 4.78 is 90.9. The molecule has 0 aromatic carbocycles. The number of aliphatic imine (C=N–C) groups is 1. The highest BCUT2D eigenvalue weighted by atomic mass is 19.4. The number of allylic oxidation sites excluding steroid dienone is 2. The molecule has 0 aromatic heterocycles. The Balaban J connectivity index is 2.41. The van der Waals surface area contributed by atoms with Crippen LogP contribution in [0.15, 0.2) is 40.4 Å². The molecule has 0 amide bonds. The number of fused-ring (bicyclic) bond motifs is 1. The van der Waals surface area contributed by atoms with Gasteiger partial charge in [0.2, 0.25) is 0 Å². The van der Waals surface area contributed by atoms with Gasteiger partial charge in [0.05, 0.1) is 24.8 Å². The Morgan fingerprint density at radius 1 is 1.24 bits per heavy atom. The standard InChI is InChI=1S/C18H22F6N2O3/c1-16(18(22,23)24)7-11(13(27)8-25-9-14(28-2)29-3)10-5-4-6-12(15(10)26-16)17(19,20)21/h4-7,9,12-15,26-27H,8H2,1-3H3/t12?,13?,15?,16-/m0/s1. The monoisotopic (exact) mass is 428 g/mol. The van der Waals surface area contributed by atoms with Gasteiger partial charge in [-0.2, -0.15) is 26.3 Å². The molecule has 0 fully saturated rings. The second-order valence-corrected chi connectivity index (χ2v) is 6.87. The lowest BCUT2D eigenvalue weighted by molar-refractivity contribution is -0.193. The number of nitrogens with one attached hydrogen (secondary N) is 1. The van der Waals surface area contributed by atoms with Gasteiger partial charge in [0, 0.05) is 20.3 Å². The molecule has 164 valence electrons. The van der Waals surface area contributed by atoms with Gasteiger partial charge in [-0.3, -0.25) is 10.3 Å². The lowest BCUT2D eigenvalue weighted by Crippen LogP contribution is -2.63. The van der Waals surface area contributed by atoms with Crippen molar-refractivity contribution in [2.24, 2.45) is 10.9 Å². The topological polar surface area (TPSA) is 63.1 Å². The molecule has 2 aliphatic rings. The van der Waals surface area contributed by atoms with Gasteiger partial charge >= 0.3 is 12.4 Å². The second kappa shape index (κ2) is 8.58. The van der Waals surface area contributed by atoms with Crippen LogP contribution in [-0.4, -0.2) is 68.4 Å². The molecule has 5 nitrogen and oxygen atoms in total. The molecule has 1 heterocycles. The Labute approximate surface area is 163 Å². The van der Waals surface area contributed by atoms with Gasteiger partial charge < -0.3 is 14.6 Å². The van der Waals surface area contributed by atoms with Crippen LogP contribution in [0.25, 0.3) is 0 Å². The van der Waals surface area contributed by atoms with Crippen molar-refractivity contribution in [3.63, 3.8) is 0 Å². The summed E-state index contributed by atoms with van der Waals surface area (Å²) in [5.74, 6) is -2.17. The zero-order valence-corrected chi connectivity index (χ0v) is 15.9. The lowest BCUT2D eigenvalue weighted by Gasteiger charge is -2.45. The van der Waals surface area contributed by atoms with Crippen LogP contribution >= 0.6 is 0 Å². The summed E-state index contributed by atoms with van der Waals surface area (Å²) in [7, 11) is 2.67. The van der Waals surface area contributed by atoms with Crippen LogP contribution < -0.4 is 5.32 Å². The minimum absolute atomic E-state index is 0.0608. The first-order chi connectivity index (χ1) is 13.3. The van der Waals surface area contributed by atoms with Crippen molar-refractivity contribution >= 4 is 6.21 Å². The molecule has 11 heteroatoms. The average molecular weight is 428 g/mol. The fraction of sp³-hybridized carbons (Fsp3) is 0.611. The van der Waals surface area contributed by atoms with Crippen LogP contribution in [0.3, 0.4) is 0 Å². The summed E-state index contributed by atoms with van der Waals surface area (Å²) in [5, 5.41) is 12.5. The molecule has 29 heavy (non-hydrogen) atoms. The van der Waals surface area contributed by atoms with E-state index >= 15 is 0 Å². The van der Waals surface area contributed by atoms with Crippen LogP contribution in [0, 0.1) is 5.92 Å². The van der Waals surface area contributed by atoms with E-state index in [1.165, 1.54) is 26.5 Å². The zero-order chi connectivity index (χ0) is 22.0. The fourth-order valence-corrected chi connectivity index (χ4v) is 3.20. The largest absolute Gasteiger partial charge is 0.409 e. The highest BCUT2D eigenvalue weighted by molar-refractivity contribution is 5.61. The van der Waals surface area contributed by atoms with E-state index in [2.05, 4.69) is 10.3 Å². The molecule has 1 aliphatic heterocycles. The van der Waals surface area contributed by atoms with Crippen LogP contribution in [0.5, 0.6) is 0 Å². The minimum Gasteiger partial charge on any atom is -0.386 e. The number of rotatable bonds is 6. The number of aliphatic hydroxyl groups excluding tert-OH is 1. The van der Waals surface area contributed by atoms with E-state index in [1.54, 1.807) is 0 Å². The van der Waals surface area contributed by atoms with E-state index in [1.807, 2.05) is 0 Å². The predicted molar refractivity (Wildman–Crippen MR) is 93.4 cm³/mol. The van der Waals surface area contributed by atoms with Gasteiger partial charge in [-0.1, -0.05) is 18.2 Å². The van der Waals surface area contributed by atoms with Crippen molar-refractivity contribution in [1.82, 2.24) is 5.32 Å². The van der Waals surface area contributed by atoms with Crippen molar-refractivity contribution < 1.29 is 40.9 Å². The van der Waals surface area contributed by atoms with Crippen molar-refractivity contribution in [1.29, 1.82) is 0 Å². The maximum Gasteiger partial charge on any atom is 0.409 e. The molecule has 2 rings (SSSR count). The maximum absolute atomic E-state index is 13.6. The third-order valence-electron chi connectivity index (χ3n) is 4.82. The number of hydrogen-bond acceptors (Lipinski definition) is 5. The average Bonchev–Trinajstić information content (AvgIpc) is 2.62. The van der Waals surface area contributed by atoms with E-state index in [-0.39, 0.29) is 17.7 Å². The molecule has 3 unspecified atom stereocenters. The van der Waals surface area contributed by atoms with E-state index in [0.717, 1.165) is 19.1 Å². The first-order valence-electron chi connectivity index (χ1n) is 8.60. The number of alkyl halides is 6. The van der Waals surface area contributed by atoms with Crippen LogP contribution in [0.1, 0.15) is 6.92 Å². The third-order valence-corrected chi connectivity index (χ3v) is 4.82. The molecule has 1 aliphatic carbocycles.